The summed E-state index contributed by atoms with van der Waals surface area (Å²) in [4.78, 5) is 15.8. The number of thioether (sulfide) groups is 1. The predicted octanol–water partition coefficient (Wildman–Crippen LogP) is 3.31. The van der Waals surface area contributed by atoms with Crippen LogP contribution in [0.5, 0.6) is 5.75 Å². The molecule has 0 radical (unpaired) electrons. The lowest BCUT2D eigenvalue weighted by molar-refractivity contribution is -0.119. The van der Waals surface area contributed by atoms with Gasteiger partial charge in [0.1, 0.15) is 5.75 Å². The molecule has 1 aliphatic heterocycles. The lowest BCUT2D eigenvalue weighted by Gasteiger charge is -2.33. The van der Waals surface area contributed by atoms with Crippen LogP contribution in [0.15, 0.2) is 53.4 Å². The van der Waals surface area contributed by atoms with Gasteiger partial charge in [-0.1, -0.05) is 31.2 Å². The Balaban J connectivity index is 1.58. The van der Waals surface area contributed by atoms with E-state index in [4.69, 9.17) is 4.74 Å². The summed E-state index contributed by atoms with van der Waals surface area (Å²) in [5.74, 6) is 0.862. The third-order valence-corrected chi connectivity index (χ3v) is 5.15. The van der Waals surface area contributed by atoms with Crippen molar-refractivity contribution in [3.63, 3.8) is 0 Å². The van der Waals surface area contributed by atoms with Gasteiger partial charge in [0.05, 0.1) is 19.3 Å². The van der Waals surface area contributed by atoms with Crippen molar-refractivity contribution >= 4 is 23.4 Å². The molecule has 0 aromatic heterocycles. The van der Waals surface area contributed by atoms with Crippen molar-refractivity contribution in [3.8, 4) is 5.75 Å². The first kappa shape index (κ1) is 16.7. The van der Waals surface area contributed by atoms with E-state index < -0.39 is 0 Å². The molecule has 0 saturated carbocycles. The van der Waals surface area contributed by atoms with Crippen LogP contribution in [-0.4, -0.2) is 31.4 Å². The van der Waals surface area contributed by atoms with Crippen LogP contribution >= 0.6 is 11.8 Å². The van der Waals surface area contributed by atoms with E-state index in [1.165, 1.54) is 4.90 Å². The zero-order valence-corrected chi connectivity index (χ0v) is 14.8. The van der Waals surface area contributed by atoms with E-state index in [1.54, 1.807) is 7.11 Å². The Bertz CT molecular complexity index is 703. The lowest BCUT2D eigenvalue weighted by atomic mass is 10.2. The summed E-state index contributed by atoms with van der Waals surface area (Å²) in [6.45, 7) is 4.00. The van der Waals surface area contributed by atoms with Gasteiger partial charge < -0.3 is 15.0 Å². The van der Waals surface area contributed by atoms with Gasteiger partial charge in [0.2, 0.25) is 5.91 Å². The van der Waals surface area contributed by atoms with Gasteiger partial charge >= 0.3 is 0 Å². The van der Waals surface area contributed by atoms with E-state index >= 15 is 0 Å². The van der Waals surface area contributed by atoms with E-state index in [9.17, 15) is 4.79 Å². The molecule has 1 atom stereocenters. The first-order chi connectivity index (χ1) is 11.7. The quantitative estimate of drug-likeness (QED) is 0.905. The summed E-state index contributed by atoms with van der Waals surface area (Å²) >= 11 is 1.87. The molecule has 0 spiro atoms. The van der Waals surface area contributed by atoms with E-state index in [-0.39, 0.29) is 5.91 Å². The minimum absolute atomic E-state index is 0.0414. The summed E-state index contributed by atoms with van der Waals surface area (Å²) in [7, 11) is 1.65. The molecule has 1 amide bonds. The van der Waals surface area contributed by atoms with Crippen molar-refractivity contribution in [2.45, 2.75) is 23.6 Å². The van der Waals surface area contributed by atoms with Crippen LogP contribution in [0.2, 0.25) is 0 Å². The Morgan fingerprint density at radius 2 is 2.00 bits per heavy atom. The Labute approximate surface area is 147 Å². The molecule has 0 unspecified atom stereocenters. The number of para-hydroxylation sites is 1. The fourth-order valence-corrected chi connectivity index (χ4v) is 3.97. The van der Waals surface area contributed by atoms with Gasteiger partial charge in [-0.2, -0.15) is 0 Å². The zero-order chi connectivity index (χ0) is 16.9. The second kappa shape index (κ2) is 7.62. The number of methoxy groups -OCH3 is 1. The van der Waals surface area contributed by atoms with Crippen molar-refractivity contribution < 1.29 is 9.53 Å². The van der Waals surface area contributed by atoms with Gasteiger partial charge in [-0.25, -0.2) is 0 Å². The van der Waals surface area contributed by atoms with Crippen LogP contribution in [0.3, 0.4) is 0 Å². The first-order valence-corrected chi connectivity index (χ1v) is 8.94. The molecule has 3 rings (SSSR count). The number of fused-ring (bicyclic) bond motifs is 1. The Kier molecular flexibility index (Phi) is 5.30. The van der Waals surface area contributed by atoms with Gasteiger partial charge in [-0.15, -0.1) is 11.8 Å². The SMILES string of the molecule is COc1ccc(CNC(=O)CN2C[C@H](C)Sc3ccccc32)cc1. The predicted molar refractivity (Wildman–Crippen MR) is 98.8 cm³/mol. The van der Waals surface area contributed by atoms with Gasteiger partial charge in [-0.05, 0) is 29.8 Å². The number of amides is 1. The lowest BCUT2D eigenvalue weighted by Crippen LogP contribution is -2.41. The number of nitrogens with zero attached hydrogens (tertiary/aromatic N) is 1. The third-order valence-electron chi connectivity index (χ3n) is 3.99. The molecule has 1 aliphatic rings. The fourth-order valence-electron chi connectivity index (χ4n) is 2.80. The van der Waals surface area contributed by atoms with E-state index in [0.717, 1.165) is 23.5 Å². The monoisotopic (exact) mass is 342 g/mol. The van der Waals surface area contributed by atoms with Crippen molar-refractivity contribution in [2.75, 3.05) is 25.1 Å². The molecule has 4 nitrogen and oxygen atoms in total. The van der Waals surface area contributed by atoms with Gasteiger partial charge in [0, 0.05) is 23.2 Å². The number of carbonyl (C=O) groups excluding carboxylic acids is 1. The maximum Gasteiger partial charge on any atom is 0.239 e. The molecule has 126 valence electrons. The second-order valence-electron chi connectivity index (χ2n) is 5.90. The summed E-state index contributed by atoms with van der Waals surface area (Å²) in [5, 5.41) is 3.48. The Morgan fingerprint density at radius 1 is 1.25 bits per heavy atom. The van der Waals surface area contributed by atoms with Crippen LogP contribution < -0.4 is 15.0 Å². The molecule has 2 aromatic carbocycles. The van der Waals surface area contributed by atoms with Crippen LogP contribution in [0.25, 0.3) is 0 Å². The second-order valence-corrected chi connectivity index (χ2v) is 7.38. The molecule has 0 fully saturated rings. The average Bonchev–Trinajstić information content (AvgIpc) is 2.60. The molecule has 0 aliphatic carbocycles. The maximum absolute atomic E-state index is 12.3. The fraction of sp³-hybridized carbons (Fsp3) is 0.316. The Hall–Kier alpha value is -2.14. The molecule has 1 heterocycles. The molecule has 5 heteroatoms. The highest BCUT2D eigenvalue weighted by atomic mass is 32.2. The molecule has 0 saturated heterocycles. The first-order valence-electron chi connectivity index (χ1n) is 8.06. The van der Waals surface area contributed by atoms with Crippen LogP contribution in [-0.2, 0) is 11.3 Å². The van der Waals surface area contributed by atoms with Crippen molar-refractivity contribution in [1.29, 1.82) is 0 Å². The topological polar surface area (TPSA) is 41.6 Å². The van der Waals surface area contributed by atoms with Gasteiger partial charge in [0.25, 0.3) is 0 Å². The largest absolute Gasteiger partial charge is 0.497 e. The van der Waals surface area contributed by atoms with Crippen LogP contribution in [0.4, 0.5) is 5.69 Å². The highest BCUT2D eigenvalue weighted by molar-refractivity contribution is 8.00. The smallest absolute Gasteiger partial charge is 0.239 e. The standard InChI is InChI=1S/C19H22N2O2S/c1-14-12-21(17-5-3-4-6-18(17)24-14)13-19(22)20-11-15-7-9-16(23-2)10-8-15/h3-10,14H,11-13H2,1-2H3,(H,20,22)/t14-/m0/s1. The third kappa shape index (κ3) is 4.03. The van der Waals surface area contributed by atoms with Gasteiger partial charge in [0.15, 0.2) is 0 Å². The number of benzene rings is 2. The van der Waals surface area contributed by atoms with Crippen LogP contribution in [0, 0.1) is 0 Å². The number of rotatable bonds is 5. The number of carbonyl (C=O) groups is 1. The molecular weight excluding hydrogens is 320 g/mol. The summed E-state index contributed by atoms with van der Waals surface area (Å²) in [6, 6.07) is 16.0. The molecule has 2 aromatic rings. The number of nitrogens with one attached hydrogen (secondary N) is 1. The molecule has 1 N–H and O–H groups in total. The number of hydrogen-bond donors (Lipinski definition) is 1. The highest BCUT2D eigenvalue weighted by Crippen LogP contribution is 2.37. The normalized spacial score (nSPS) is 16.4. The number of hydrogen-bond acceptors (Lipinski definition) is 4. The van der Waals surface area contributed by atoms with Crippen LogP contribution in [0.1, 0.15) is 12.5 Å². The number of ether oxygens (including phenoxy) is 1. The van der Waals surface area contributed by atoms with E-state index in [2.05, 4.69) is 29.3 Å². The maximum atomic E-state index is 12.3. The zero-order valence-electron chi connectivity index (χ0n) is 14.0. The Morgan fingerprint density at radius 3 is 2.75 bits per heavy atom. The minimum Gasteiger partial charge on any atom is -0.497 e. The van der Waals surface area contributed by atoms with Crippen molar-refractivity contribution in [3.05, 3.63) is 54.1 Å². The number of anilines is 1. The van der Waals surface area contributed by atoms with E-state index in [1.807, 2.05) is 48.2 Å². The van der Waals surface area contributed by atoms with Gasteiger partial charge in [-0.3, -0.25) is 4.79 Å². The minimum atomic E-state index is 0.0414. The molecule has 0 bridgehead atoms. The summed E-state index contributed by atoms with van der Waals surface area (Å²) < 4.78 is 5.14. The molecule has 24 heavy (non-hydrogen) atoms. The molecular formula is C19H22N2O2S. The van der Waals surface area contributed by atoms with Crippen molar-refractivity contribution in [2.24, 2.45) is 0 Å². The highest BCUT2D eigenvalue weighted by Gasteiger charge is 2.23. The average molecular weight is 342 g/mol. The summed E-state index contributed by atoms with van der Waals surface area (Å²) in [5.41, 5.74) is 2.22. The van der Waals surface area contributed by atoms with Crippen molar-refractivity contribution in [1.82, 2.24) is 5.32 Å². The summed E-state index contributed by atoms with van der Waals surface area (Å²) in [6.07, 6.45) is 0. The van der Waals surface area contributed by atoms with E-state index in [0.29, 0.717) is 18.3 Å².